The predicted octanol–water partition coefficient (Wildman–Crippen LogP) is 1.94. The number of hydrogen-bond acceptors (Lipinski definition) is 6. The van der Waals surface area contributed by atoms with E-state index in [0.717, 1.165) is 24.8 Å². The van der Waals surface area contributed by atoms with Gasteiger partial charge in [-0.1, -0.05) is 40.0 Å². The molecule has 0 radical (unpaired) electrons. The molecule has 0 fully saturated rings. The minimum atomic E-state index is -3.57. The van der Waals surface area contributed by atoms with Gasteiger partial charge in [0.25, 0.3) is 0 Å². The molecule has 0 spiro atoms. The first-order chi connectivity index (χ1) is 11.7. The summed E-state index contributed by atoms with van der Waals surface area (Å²) in [6, 6.07) is 1.92. The second kappa shape index (κ2) is 8.09. The molecule has 0 aromatic carbocycles. The van der Waals surface area contributed by atoms with Crippen LogP contribution in [0.4, 0.5) is 0 Å². The lowest BCUT2D eigenvalue weighted by molar-refractivity contribution is 0.189. The normalized spacial score (nSPS) is 12.6. The van der Waals surface area contributed by atoms with Crippen LogP contribution in [-0.2, 0) is 16.4 Å². The van der Waals surface area contributed by atoms with Gasteiger partial charge in [-0.2, -0.15) is 0 Å². The quantitative estimate of drug-likeness (QED) is 0.640. The first-order valence-electron chi connectivity index (χ1n) is 8.53. The lowest BCUT2D eigenvalue weighted by atomic mass is 9.98. The van der Waals surface area contributed by atoms with Gasteiger partial charge in [-0.25, -0.2) is 18.5 Å². The Balaban J connectivity index is 2.14. The smallest absolute Gasteiger partial charge is 0.236 e. The molecule has 9 heteroatoms. The third-order valence-electron chi connectivity index (χ3n) is 3.81. The molecule has 0 saturated heterocycles. The summed E-state index contributed by atoms with van der Waals surface area (Å²) in [6.07, 6.45) is 6.82. The zero-order chi connectivity index (χ0) is 18.5. The summed E-state index contributed by atoms with van der Waals surface area (Å²) in [5.74, 6) is 0.314. The number of ether oxygens (including phenoxy) is 1. The Morgan fingerprint density at radius 2 is 2.04 bits per heavy atom. The number of rotatable bonds is 10. The van der Waals surface area contributed by atoms with Crippen molar-refractivity contribution in [2.75, 3.05) is 12.4 Å². The minimum Gasteiger partial charge on any atom is -0.476 e. The van der Waals surface area contributed by atoms with Crippen molar-refractivity contribution in [1.82, 2.24) is 19.8 Å². The molecule has 2 N–H and O–H groups in total. The Morgan fingerprint density at radius 3 is 2.72 bits per heavy atom. The van der Waals surface area contributed by atoms with Gasteiger partial charge in [0.2, 0.25) is 15.9 Å². The molecule has 0 aliphatic rings. The summed E-state index contributed by atoms with van der Waals surface area (Å²) in [5, 5.41) is 13.6. The van der Waals surface area contributed by atoms with Crippen LogP contribution in [-0.4, -0.2) is 40.6 Å². The van der Waals surface area contributed by atoms with E-state index in [2.05, 4.69) is 22.1 Å². The van der Waals surface area contributed by atoms with Gasteiger partial charge in [0, 0.05) is 11.0 Å². The van der Waals surface area contributed by atoms with Gasteiger partial charge < -0.3 is 4.74 Å². The van der Waals surface area contributed by atoms with Crippen LogP contribution in [0.2, 0.25) is 0 Å². The fourth-order valence-corrected chi connectivity index (χ4v) is 3.85. The molecule has 0 aliphatic carbocycles. The lowest BCUT2D eigenvalue weighted by Gasteiger charge is -2.23. The highest BCUT2D eigenvalue weighted by Crippen LogP contribution is 2.23. The molecule has 25 heavy (non-hydrogen) atoms. The molecule has 2 heterocycles. The summed E-state index contributed by atoms with van der Waals surface area (Å²) in [5.41, 5.74) is 1.01. The fourth-order valence-electron chi connectivity index (χ4n) is 2.68. The number of nitrogens with zero attached hydrogens (tertiary/aromatic N) is 4. The molecule has 0 amide bonds. The maximum atomic E-state index is 11.4. The first-order valence-corrected chi connectivity index (χ1v) is 10.2. The van der Waals surface area contributed by atoms with Crippen LogP contribution in [0, 0.1) is 5.41 Å². The number of primary sulfonamides is 1. The van der Waals surface area contributed by atoms with Gasteiger partial charge >= 0.3 is 0 Å². The summed E-state index contributed by atoms with van der Waals surface area (Å²) in [7, 11) is -3.57. The van der Waals surface area contributed by atoms with Crippen molar-refractivity contribution in [3.05, 3.63) is 18.0 Å². The average molecular weight is 369 g/mol. The Bertz CT molecular complexity index is 801. The molecule has 0 bridgehead atoms. The molecule has 0 saturated carbocycles. The van der Waals surface area contributed by atoms with Crippen LogP contribution in [0.5, 0.6) is 5.88 Å². The zero-order valence-electron chi connectivity index (χ0n) is 15.1. The third-order valence-corrected chi connectivity index (χ3v) is 4.99. The van der Waals surface area contributed by atoms with Crippen molar-refractivity contribution in [1.29, 1.82) is 0 Å². The Labute approximate surface area is 148 Å². The molecule has 0 aliphatic heterocycles. The molecular formula is C16H27N5O3S. The molecule has 0 atom stereocenters. The monoisotopic (exact) mass is 369 g/mol. The van der Waals surface area contributed by atoms with E-state index >= 15 is 0 Å². The molecule has 2 aromatic heterocycles. The number of aromatic nitrogens is 4. The van der Waals surface area contributed by atoms with Crippen molar-refractivity contribution in [3.63, 3.8) is 0 Å². The van der Waals surface area contributed by atoms with Crippen LogP contribution < -0.4 is 9.88 Å². The van der Waals surface area contributed by atoms with E-state index in [1.807, 2.05) is 6.07 Å². The highest BCUT2D eigenvalue weighted by Gasteiger charge is 2.26. The topological polar surface area (TPSA) is 112 Å². The maximum absolute atomic E-state index is 11.4. The van der Waals surface area contributed by atoms with Crippen LogP contribution in [0.3, 0.4) is 0 Å². The lowest BCUT2D eigenvalue weighted by Crippen LogP contribution is -2.34. The Hall–Kier alpha value is -1.74. The van der Waals surface area contributed by atoms with Crippen LogP contribution >= 0.6 is 0 Å². The first kappa shape index (κ1) is 19.6. The van der Waals surface area contributed by atoms with Crippen LogP contribution in [0.15, 0.2) is 12.4 Å². The summed E-state index contributed by atoms with van der Waals surface area (Å²) in [4.78, 5) is 4.16. The Kier molecular flexibility index (Phi) is 6.34. The highest BCUT2D eigenvalue weighted by molar-refractivity contribution is 7.89. The largest absolute Gasteiger partial charge is 0.476 e. The van der Waals surface area contributed by atoms with E-state index in [0.29, 0.717) is 11.5 Å². The van der Waals surface area contributed by atoms with Gasteiger partial charge in [0.05, 0.1) is 12.4 Å². The molecule has 2 rings (SSSR count). The summed E-state index contributed by atoms with van der Waals surface area (Å²) >= 11 is 0. The molecular weight excluding hydrogens is 342 g/mol. The van der Waals surface area contributed by atoms with Gasteiger partial charge in [-0.15, -0.1) is 14.8 Å². The second-order valence-electron chi connectivity index (χ2n) is 7.15. The van der Waals surface area contributed by atoms with E-state index in [1.165, 1.54) is 23.8 Å². The molecule has 2 aromatic rings. The molecule has 140 valence electrons. The van der Waals surface area contributed by atoms with Gasteiger partial charge in [-0.3, -0.25) is 0 Å². The summed E-state index contributed by atoms with van der Waals surface area (Å²) in [6.45, 7) is 5.96. The highest BCUT2D eigenvalue weighted by atomic mass is 32.2. The number of nitrogens with two attached hydrogens (primary N) is 1. The minimum absolute atomic E-state index is 0.155. The SMILES string of the molecule is CCCCCCc1cc2ncnn2nc1OCC(C)(C)CS(N)(=O)=O. The van der Waals surface area contributed by atoms with Gasteiger partial charge in [0.1, 0.15) is 6.33 Å². The molecule has 0 unspecified atom stereocenters. The van der Waals surface area contributed by atoms with E-state index in [9.17, 15) is 8.42 Å². The van der Waals surface area contributed by atoms with E-state index in [-0.39, 0.29) is 12.4 Å². The van der Waals surface area contributed by atoms with Crippen molar-refractivity contribution in [2.45, 2.75) is 52.9 Å². The number of unbranched alkanes of at least 4 members (excludes halogenated alkanes) is 3. The maximum Gasteiger partial charge on any atom is 0.236 e. The van der Waals surface area contributed by atoms with Crippen molar-refractivity contribution < 1.29 is 13.2 Å². The van der Waals surface area contributed by atoms with Crippen LogP contribution in [0.1, 0.15) is 52.0 Å². The third kappa shape index (κ3) is 6.24. The number of fused-ring (bicyclic) bond motifs is 1. The fraction of sp³-hybridized carbons (Fsp3) is 0.688. The van der Waals surface area contributed by atoms with E-state index < -0.39 is 15.4 Å². The average Bonchev–Trinajstić information content (AvgIpc) is 2.94. The summed E-state index contributed by atoms with van der Waals surface area (Å²) < 4.78 is 30.0. The van der Waals surface area contributed by atoms with Crippen molar-refractivity contribution in [3.8, 4) is 5.88 Å². The predicted molar refractivity (Wildman–Crippen MR) is 95.9 cm³/mol. The van der Waals surface area contributed by atoms with E-state index in [4.69, 9.17) is 9.88 Å². The second-order valence-corrected chi connectivity index (χ2v) is 8.77. The van der Waals surface area contributed by atoms with Crippen molar-refractivity contribution in [2.24, 2.45) is 10.6 Å². The van der Waals surface area contributed by atoms with Gasteiger partial charge in [-0.05, 0) is 18.9 Å². The van der Waals surface area contributed by atoms with Crippen LogP contribution in [0.25, 0.3) is 5.65 Å². The zero-order valence-corrected chi connectivity index (χ0v) is 15.9. The van der Waals surface area contributed by atoms with E-state index in [1.54, 1.807) is 13.8 Å². The molecule has 8 nitrogen and oxygen atoms in total. The standard InChI is InChI=1S/C16H27N5O3S/c1-4-5-6-7-8-13-9-14-18-12-19-21(14)20-15(13)24-10-16(2,3)11-25(17,22)23/h9,12H,4-8,10-11H2,1-3H3,(H2,17,22,23). The number of aryl methyl sites for hydroxylation is 1. The van der Waals surface area contributed by atoms with Crippen molar-refractivity contribution >= 4 is 15.7 Å². The van der Waals surface area contributed by atoms with Gasteiger partial charge in [0.15, 0.2) is 5.65 Å². The Morgan fingerprint density at radius 1 is 1.28 bits per heavy atom. The number of hydrogen-bond donors (Lipinski definition) is 1. The number of sulfonamides is 1.